The fourth-order valence-corrected chi connectivity index (χ4v) is 3.06. The van der Waals surface area contributed by atoms with Gasteiger partial charge in [0.05, 0.1) is 5.92 Å². The van der Waals surface area contributed by atoms with Gasteiger partial charge in [0.2, 0.25) is 0 Å². The van der Waals surface area contributed by atoms with E-state index in [0.29, 0.717) is 24.7 Å². The summed E-state index contributed by atoms with van der Waals surface area (Å²) >= 11 is 0. The molecule has 0 aromatic heterocycles. The number of aldehydes is 1. The van der Waals surface area contributed by atoms with Gasteiger partial charge in [-0.3, -0.25) is 4.79 Å². The Morgan fingerprint density at radius 2 is 2.15 bits per heavy atom. The van der Waals surface area contributed by atoms with Crippen LogP contribution in [0.15, 0.2) is 47.1 Å². The van der Waals surface area contributed by atoms with Crippen LogP contribution in [-0.2, 0) is 23.9 Å². The first-order valence-electron chi connectivity index (χ1n) is 8.54. The Kier molecular flexibility index (Phi) is 6.32. The maximum atomic E-state index is 12.2. The Bertz CT molecular complexity index is 712. The van der Waals surface area contributed by atoms with E-state index >= 15 is 0 Å². The Balaban J connectivity index is 2.47. The van der Waals surface area contributed by atoms with Crippen LogP contribution in [0.5, 0.6) is 0 Å². The summed E-state index contributed by atoms with van der Waals surface area (Å²) < 4.78 is 10.7. The minimum Gasteiger partial charge on any atom is -0.454 e. The van der Waals surface area contributed by atoms with Crippen molar-refractivity contribution in [3.8, 4) is 0 Å². The number of fused-ring (bicyclic) bond motifs is 1. The second-order valence-corrected chi connectivity index (χ2v) is 6.58. The highest BCUT2D eigenvalue weighted by Gasteiger charge is 2.46. The van der Waals surface area contributed by atoms with Crippen molar-refractivity contribution in [3.05, 3.63) is 47.1 Å². The van der Waals surface area contributed by atoms with Crippen LogP contribution in [0.1, 0.15) is 33.6 Å². The highest BCUT2D eigenvalue weighted by Crippen LogP contribution is 2.35. The number of allylic oxidation sites excluding steroid dienone is 3. The molecule has 1 N–H and O–H groups in total. The topological polar surface area (TPSA) is 89.9 Å². The molecule has 6 nitrogen and oxygen atoms in total. The van der Waals surface area contributed by atoms with Gasteiger partial charge in [-0.15, -0.1) is 0 Å². The van der Waals surface area contributed by atoms with Crippen LogP contribution < -0.4 is 0 Å². The molecule has 0 aromatic carbocycles. The molecule has 0 radical (unpaired) electrons. The Labute approximate surface area is 152 Å². The fraction of sp³-hybridized carbons (Fsp3) is 0.450. The van der Waals surface area contributed by atoms with Crippen LogP contribution >= 0.6 is 0 Å². The van der Waals surface area contributed by atoms with Crippen LogP contribution in [-0.4, -0.2) is 41.6 Å². The smallest absolute Gasteiger partial charge is 0.334 e. The molecule has 1 aliphatic carbocycles. The van der Waals surface area contributed by atoms with Gasteiger partial charge in [0, 0.05) is 16.7 Å². The van der Waals surface area contributed by atoms with Gasteiger partial charge in [-0.25, -0.2) is 9.59 Å². The zero-order valence-corrected chi connectivity index (χ0v) is 15.2. The van der Waals surface area contributed by atoms with Crippen molar-refractivity contribution in [2.45, 2.75) is 51.9 Å². The first-order valence-corrected chi connectivity index (χ1v) is 8.54. The van der Waals surface area contributed by atoms with E-state index in [1.54, 1.807) is 32.1 Å². The number of hydrogen-bond acceptors (Lipinski definition) is 6. The number of esters is 2. The third kappa shape index (κ3) is 4.02. The minimum absolute atomic E-state index is 0.0983. The fourth-order valence-electron chi connectivity index (χ4n) is 3.06. The number of carbonyl (C=O) groups is 3. The van der Waals surface area contributed by atoms with Gasteiger partial charge in [-0.1, -0.05) is 24.3 Å². The molecule has 140 valence electrons. The lowest BCUT2D eigenvalue weighted by molar-refractivity contribution is -0.150. The number of aliphatic hydroxyl groups excluding tert-OH is 1. The van der Waals surface area contributed by atoms with E-state index in [0.717, 1.165) is 5.57 Å². The lowest BCUT2D eigenvalue weighted by atomic mass is 9.84. The molecular formula is C20H24O6. The molecule has 1 heterocycles. The van der Waals surface area contributed by atoms with Crippen LogP contribution in [0.3, 0.4) is 0 Å². The summed E-state index contributed by atoms with van der Waals surface area (Å²) in [6.07, 6.45) is 3.50. The predicted octanol–water partition coefficient (Wildman–Crippen LogP) is 2.19. The summed E-state index contributed by atoms with van der Waals surface area (Å²) in [7, 11) is 0. The SMILES string of the molecule is C=C1C(=O)O[C@@H]2/C=C(\C)CC/C=C(/C=O)C(OC(=O)/C(C)=C\C)[C@@H](O)[C@H]12. The molecule has 4 atom stereocenters. The normalized spacial score (nSPS) is 33.9. The van der Waals surface area contributed by atoms with Crippen molar-refractivity contribution in [3.63, 3.8) is 0 Å². The quantitative estimate of drug-likeness (QED) is 0.359. The first kappa shape index (κ1) is 19.8. The summed E-state index contributed by atoms with van der Waals surface area (Å²) in [5, 5.41) is 10.9. The molecule has 0 amide bonds. The van der Waals surface area contributed by atoms with E-state index in [-0.39, 0.29) is 11.1 Å². The molecule has 0 spiro atoms. The van der Waals surface area contributed by atoms with E-state index in [2.05, 4.69) is 6.58 Å². The second kappa shape index (κ2) is 8.27. The largest absolute Gasteiger partial charge is 0.454 e. The van der Waals surface area contributed by atoms with Crippen LogP contribution in [0.4, 0.5) is 0 Å². The minimum atomic E-state index is -1.34. The van der Waals surface area contributed by atoms with Gasteiger partial charge in [-0.2, -0.15) is 0 Å². The summed E-state index contributed by atoms with van der Waals surface area (Å²) in [5.74, 6) is -2.04. The van der Waals surface area contributed by atoms with Crippen LogP contribution in [0.25, 0.3) is 0 Å². The Morgan fingerprint density at radius 1 is 1.46 bits per heavy atom. The molecule has 0 bridgehead atoms. The lowest BCUT2D eigenvalue weighted by Gasteiger charge is -2.30. The van der Waals surface area contributed by atoms with E-state index in [4.69, 9.17) is 9.47 Å². The van der Waals surface area contributed by atoms with Crippen molar-refractivity contribution in [2.75, 3.05) is 0 Å². The molecular weight excluding hydrogens is 336 g/mol. The van der Waals surface area contributed by atoms with Crippen molar-refractivity contribution < 1.29 is 29.0 Å². The van der Waals surface area contributed by atoms with Gasteiger partial charge in [-0.05, 0) is 39.7 Å². The van der Waals surface area contributed by atoms with Crippen LogP contribution in [0.2, 0.25) is 0 Å². The molecule has 0 saturated carbocycles. The van der Waals surface area contributed by atoms with E-state index in [9.17, 15) is 19.5 Å². The third-order valence-electron chi connectivity index (χ3n) is 4.76. The molecule has 6 heteroatoms. The number of rotatable bonds is 3. The van der Waals surface area contributed by atoms with Gasteiger partial charge < -0.3 is 14.6 Å². The average molecular weight is 360 g/mol. The molecule has 26 heavy (non-hydrogen) atoms. The molecule has 1 aliphatic heterocycles. The van der Waals surface area contributed by atoms with Crippen molar-refractivity contribution >= 4 is 18.2 Å². The van der Waals surface area contributed by atoms with Crippen molar-refractivity contribution in [2.24, 2.45) is 5.92 Å². The van der Waals surface area contributed by atoms with Crippen molar-refractivity contribution in [1.82, 2.24) is 0 Å². The van der Waals surface area contributed by atoms with Crippen molar-refractivity contribution in [1.29, 1.82) is 0 Å². The van der Waals surface area contributed by atoms with Gasteiger partial charge in [0.25, 0.3) is 0 Å². The molecule has 1 fully saturated rings. The second-order valence-electron chi connectivity index (χ2n) is 6.58. The summed E-state index contributed by atoms with van der Waals surface area (Å²) in [6.45, 7) is 8.87. The van der Waals surface area contributed by atoms with Gasteiger partial charge >= 0.3 is 11.9 Å². The number of ether oxygens (including phenoxy) is 2. The summed E-state index contributed by atoms with van der Waals surface area (Å²) in [5.41, 5.74) is 1.58. The van der Waals surface area contributed by atoms with Crippen LogP contribution in [0, 0.1) is 5.92 Å². The van der Waals surface area contributed by atoms with Gasteiger partial charge in [0.15, 0.2) is 6.10 Å². The zero-order chi connectivity index (χ0) is 19.4. The average Bonchev–Trinajstić information content (AvgIpc) is 2.88. The lowest BCUT2D eigenvalue weighted by Crippen LogP contribution is -2.42. The predicted molar refractivity (Wildman–Crippen MR) is 95.0 cm³/mol. The standard InChI is InChI=1S/C20H24O6/c1-5-12(3)19(23)26-18-14(10-21)8-6-7-11(2)9-15-16(17(18)22)13(4)20(24)25-15/h5,8-10,15-18,22H,4,6-7H2,1-3H3/b11-9+,12-5-,14-8-/t15-,16-,17+,18?/m1/s1. The first-order chi connectivity index (χ1) is 12.3. The Hall–Kier alpha value is -2.47. The highest BCUT2D eigenvalue weighted by atomic mass is 16.6. The highest BCUT2D eigenvalue weighted by molar-refractivity contribution is 5.92. The van der Waals surface area contributed by atoms with E-state index in [1.807, 2.05) is 6.92 Å². The molecule has 1 saturated heterocycles. The summed E-state index contributed by atoms with van der Waals surface area (Å²) in [4.78, 5) is 35.8. The monoisotopic (exact) mass is 360 g/mol. The Morgan fingerprint density at radius 3 is 2.77 bits per heavy atom. The number of aliphatic hydroxyl groups is 1. The van der Waals surface area contributed by atoms with Gasteiger partial charge in [0.1, 0.15) is 18.5 Å². The maximum Gasteiger partial charge on any atom is 0.334 e. The summed E-state index contributed by atoms with van der Waals surface area (Å²) in [6, 6.07) is 0. The van der Waals surface area contributed by atoms with E-state index < -0.39 is 36.2 Å². The molecule has 1 unspecified atom stereocenters. The third-order valence-corrected chi connectivity index (χ3v) is 4.76. The molecule has 2 aliphatic rings. The number of carbonyl (C=O) groups excluding carboxylic acids is 3. The van der Waals surface area contributed by atoms with E-state index in [1.165, 1.54) is 0 Å². The number of hydrogen-bond donors (Lipinski definition) is 1. The maximum absolute atomic E-state index is 12.2. The molecule has 0 aromatic rings. The zero-order valence-electron chi connectivity index (χ0n) is 15.2. The molecule has 2 rings (SSSR count).